The SMILES string of the molecule is CCN(CC(C)C)c1nc2ccccc2cc1C(=N)N. The highest BCUT2D eigenvalue weighted by atomic mass is 15.2. The summed E-state index contributed by atoms with van der Waals surface area (Å²) in [6.07, 6.45) is 0. The van der Waals surface area contributed by atoms with Crippen molar-refractivity contribution in [3.05, 3.63) is 35.9 Å². The molecule has 0 spiro atoms. The third kappa shape index (κ3) is 2.90. The van der Waals surface area contributed by atoms with Crippen LogP contribution in [0.3, 0.4) is 0 Å². The third-order valence-electron chi connectivity index (χ3n) is 3.26. The van der Waals surface area contributed by atoms with Crippen LogP contribution in [0.25, 0.3) is 10.9 Å². The Labute approximate surface area is 120 Å². The first-order chi connectivity index (χ1) is 9.52. The molecule has 0 saturated heterocycles. The quantitative estimate of drug-likeness (QED) is 0.648. The van der Waals surface area contributed by atoms with Crippen molar-refractivity contribution in [1.82, 2.24) is 4.98 Å². The first-order valence-electron chi connectivity index (χ1n) is 7.02. The fraction of sp³-hybridized carbons (Fsp3) is 0.375. The van der Waals surface area contributed by atoms with Crippen molar-refractivity contribution in [2.75, 3.05) is 18.0 Å². The Balaban J connectivity index is 2.59. The van der Waals surface area contributed by atoms with Crippen LogP contribution in [0, 0.1) is 11.3 Å². The van der Waals surface area contributed by atoms with Gasteiger partial charge in [0.2, 0.25) is 0 Å². The maximum atomic E-state index is 7.81. The Hall–Kier alpha value is -2.10. The Morgan fingerprint density at radius 3 is 2.65 bits per heavy atom. The lowest BCUT2D eigenvalue weighted by atomic mass is 10.1. The molecule has 0 fully saturated rings. The van der Waals surface area contributed by atoms with Crippen LogP contribution in [0.4, 0.5) is 5.82 Å². The molecule has 106 valence electrons. The van der Waals surface area contributed by atoms with Crippen LogP contribution in [-0.2, 0) is 0 Å². The number of hydrogen-bond donors (Lipinski definition) is 2. The maximum absolute atomic E-state index is 7.81. The number of aromatic nitrogens is 1. The fourth-order valence-corrected chi connectivity index (χ4v) is 2.35. The van der Waals surface area contributed by atoms with Crippen LogP contribution in [0.5, 0.6) is 0 Å². The average molecular weight is 270 g/mol. The van der Waals surface area contributed by atoms with Gasteiger partial charge in [-0.2, -0.15) is 0 Å². The van der Waals surface area contributed by atoms with Crippen LogP contribution in [0.2, 0.25) is 0 Å². The number of nitrogens with zero attached hydrogens (tertiary/aromatic N) is 2. The zero-order valence-electron chi connectivity index (χ0n) is 12.4. The highest BCUT2D eigenvalue weighted by molar-refractivity contribution is 6.03. The van der Waals surface area contributed by atoms with Crippen molar-refractivity contribution < 1.29 is 0 Å². The molecule has 0 atom stereocenters. The molecule has 20 heavy (non-hydrogen) atoms. The minimum atomic E-state index is 0.0699. The number of hydrogen-bond acceptors (Lipinski definition) is 3. The van der Waals surface area contributed by atoms with E-state index in [0.29, 0.717) is 11.5 Å². The molecule has 0 amide bonds. The molecule has 0 bridgehead atoms. The van der Waals surface area contributed by atoms with Crippen LogP contribution < -0.4 is 10.6 Å². The van der Waals surface area contributed by atoms with E-state index in [4.69, 9.17) is 16.1 Å². The first kappa shape index (κ1) is 14.3. The third-order valence-corrected chi connectivity index (χ3v) is 3.26. The highest BCUT2D eigenvalue weighted by Crippen LogP contribution is 2.24. The number of amidine groups is 1. The second-order valence-electron chi connectivity index (χ2n) is 5.40. The number of anilines is 1. The summed E-state index contributed by atoms with van der Waals surface area (Å²) < 4.78 is 0. The molecule has 0 aliphatic heterocycles. The van der Waals surface area contributed by atoms with Crippen molar-refractivity contribution >= 4 is 22.6 Å². The van der Waals surface area contributed by atoms with E-state index < -0.39 is 0 Å². The summed E-state index contributed by atoms with van der Waals surface area (Å²) in [6.45, 7) is 8.21. The van der Waals surface area contributed by atoms with E-state index in [9.17, 15) is 0 Å². The molecule has 2 aromatic rings. The number of benzene rings is 1. The van der Waals surface area contributed by atoms with Crippen molar-refractivity contribution in [1.29, 1.82) is 5.41 Å². The lowest BCUT2D eigenvalue weighted by Gasteiger charge is -2.26. The van der Waals surface area contributed by atoms with Gasteiger partial charge in [-0.25, -0.2) is 4.98 Å². The molecule has 0 aliphatic rings. The van der Waals surface area contributed by atoms with Gasteiger partial charge in [-0.3, -0.25) is 5.41 Å². The van der Waals surface area contributed by atoms with Gasteiger partial charge in [0.15, 0.2) is 0 Å². The van der Waals surface area contributed by atoms with E-state index in [0.717, 1.165) is 29.8 Å². The molecule has 0 aliphatic carbocycles. The Kier molecular flexibility index (Phi) is 4.23. The van der Waals surface area contributed by atoms with Crippen molar-refractivity contribution in [3.8, 4) is 0 Å². The topological polar surface area (TPSA) is 66.0 Å². The predicted molar refractivity (Wildman–Crippen MR) is 85.5 cm³/mol. The molecule has 0 saturated carbocycles. The summed E-state index contributed by atoms with van der Waals surface area (Å²) in [5.41, 5.74) is 7.40. The molecule has 0 radical (unpaired) electrons. The average Bonchev–Trinajstić information content (AvgIpc) is 2.43. The molecule has 0 unspecified atom stereocenters. The minimum absolute atomic E-state index is 0.0699. The number of pyridine rings is 1. The molecule has 1 heterocycles. The maximum Gasteiger partial charge on any atom is 0.140 e. The van der Waals surface area contributed by atoms with Gasteiger partial charge in [0.25, 0.3) is 0 Å². The second-order valence-corrected chi connectivity index (χ2v) is 5.40. The van der Waals surface area contributed by atoms with E-state index in [2.05, 4.69) is 25.7 Å². The number of nitrogen functional groups attached to an aromatic ring is 1. The van der Waals surface area contributed by atoms with E-state index in [1.165, 1.54) is 0 Å². The van der Waals surface area contributed by atoms with Gasteiger partial charge < -0.3 is 10.6 Å². The predicted octanol–water partition coefficient (Wildman–Crippen LogP) is 3.00. The van der Waals surface area contributed by atoms with Crippen molar-refractivity contribution in [3.63, 3.8) is 0 Å². The Bertz CT molecular complexity index is 619. The fourth-order valence-electron chi connectivity index (χ4n) is 2.35. The summed E-state index contributed by atoms with van der Waals surface area (Å²) in [6, 6.07) is 9.90. The minimum Gasteiger partial charge on any atom is -0.384 e. The molecule has 4 heteroatoms. The smallest absolute Gasteiger partial charge is 0.140 e. The van der Waals surface area contributed by atoms with Gasteiger partial charge in [0.05, 0.1) is 11.1 Å². The number of fused-ring (bicyclic) bond motifs is 1. The lowest BCUT2D eigenvalue weighted by molar-refractivity contribution is 0.615. The molecule has 4 nitrogen and oxygen atoms in total. The van der Waals surface area contributed by atoms with Gasteiger partial charge in [-0.05, 0) is 25.0 Å². The molecule has 1 aromatic carbocycles. The monoisotopic (exact) mass is 270 g/mol. The van der Waals surface area contributed by atoms with Gasteiger partial charge in [0, 0.05) is 18.5 Å². The zero-order valence-corrected chi connectivity index (χ0v) is 12.4. The summed E-state index contributed by atoms with van der Waals surface area (Å²) in [7, 11) is 0. The van der Waals surface area contributed by atoms with E-state index in [1.807, 2.05) is 30.3 Å². The summed E-state index contributed by atoms with van der Waals surface area (Å²) in [4.78, 5) is 6.91. The zero-order chi connectivity index (χ0) is 14.7. The van der Waals surface area contributed by atoms with Crippen molar-refractivity contribution in [2.24, 2.45) is 11.7 Å². The van der Waals surface area contributed by atoms with Crippen LogP contribution in [0.15, 0.2) is 30.3 Å². The second kappa shape index (κ2) is 5.90. The van der Waals surface area contributed by atoms with Gasteiger partial charge in [-0.15, -0.1) is 0 Å². The standard InChI is InChI=1S/C16H22N4/c1-4-20(10-11(2)3)16-13(15(17)18)9-12-7-5-6-8-14(12)19-16/h5-9,11H,4,10H2,1-3H3,(H3,17,18). The lowest BCUT2D eigenvalue weighted by Crippen LogP contribution is -2.30. The number of nitrogens with two attached hydrogens (primary N) is 1. The molecule has 2 rings (SSSR count). The first-order valence-corrected chi connectivity index (χ1v) is 7.02. The number of rotatable bonds is 5. The van der Waals surface area contributed by atoms with Crippen molar-refractivity contribution in [2.45, 2.75) is 20.8 Å². The summed E-state index contributed by atoms with van der Waals surface area (Å²) in [5, 5.41) is 8.83. The van der Waals surface area contributed by atoms with Gasteiger partial charge >= 0.3 is 0 Å². The van der Waals surface area contributed by atoms with Crippen LogP contribution in [-0.4, -0.2) is 23.9 Å². The van der Waals surface area contributed by atoms with E-state index >= 15 is 0 Å². The summed E-state index contributed by atoms with van der Waals surface area (Å²) in [5.74, 6) is 1.41. The van der Waals surface area contributed by atoms with Crippen LogP contribution in [0.1, 0.15) is 26.3 Å². The van der Waals surface area contributed by atoms with Gasteiger partial charge in [-0.1, -0.05) is 32.0 Å². The normalized spacial score (nSPS) is 11.0. The highest BCUT2D eigenvalue weighted by Gasteiger charge is 2.16. The molecular weight excluding hydrogens is 248 g/mol. The number of nitrogens with one attached hydrogen (secondary N) is 1. The van der Waals surface area contributed by atoms with E-state index in [-0.39, 0.29) is 5.84 Å². The largest absolute Gasteiger partial charge is 0.384 e. The van der Waals surface area contributed by atoms with Gasteiger partial charge in [0.1, 0.15) is 11.7 Å². The van der Waals surface area contributed by atoms with Crippen LogP contribution >= 0.6 is 0 Å². The molecule has 1 aromatic heterocycles. The molecule has 3 N–H and O–H groups in total. The number of para-hydroxylation sites is 1. The summed E-state index contributed by atoms with van der Waals surface area (Å²) >= 11 is 0. The Morgan fingerprint density at radius 1 is 1.35 bits per heavy atom. The molecular formula is C16H22N4. The Morgan fingerprint density at radius 2 is 2.05 bits per heavy atom. The van der Waals surface area contributed by atoms with E-state index in [1.54, 1.807) is 0 Å².